The molecule has 0 N–H and O–H groups in total. The summed E-state index contributed by atoms with van der Waals surface area (Å²) in [5.74, 6) is -1.03. The molecule has 2 heterocycles. The Morgan fingerprint density at radius 1 is 1.12 bits per heavy atom. The summed E-state index contributed by atoms with van der Waals surface area (Å²) >= 11 is 0. The van der Waals surface area contributed by atoms with Crippen LogP contribution in [0.5, 0.6) is 0 Å². The van der Waals surface area contributed by atoms with E-state index in [1.165, 1.54) is 0 Å². The van der Waals surface area contributed by atoms with Crippen LogP contribution in [0.2, 0.25) is 0 Å². The maximum absolute atomic E-state index is 5.85. The first kappa shape index (κ1) is 13.0. The topological polar surface area (TPSA) is 36.9 Å². The van der Waals surface area contributed by atoms with Gasteiger partial charge in [0.1, 0.15) is 6.10 Å². The lowest BCUT2D eigenvalue weighted by Crippen LogP contribution is -2.29. The fourth-order valence-electron chi connectivity index (χ4n) is 2.38. The van der Waals surface area contributed by atoms with Gasteiger partial charge in [0, 0.05) is 6.42 Å². The molecular weight excluding hydrogens is 220 g/mol. The second kappa shape index (κ2) is 4.35. The smallest absolute Gasteiger partial charge is 0.164 e. The summed E-state index contributed by atoms with van der Waals surface area (Å²) in [6.45, 7) is 12.1. The third-order valence-electron chi connectivity index (χ3n) is 3.02. The van der Waals surface area contributed by atoms with E-state index in [-0.39, 0.29) is 18.3 Å². The van der Waals surface area contributed by atoms with Gasteiger partial charge in [-0.1, -0.05) is 6.08 Å². The maximum atomic E-state index is 5.85. The Balaban J connectivity index is 1.93. The summed E-state index contributed by atoms with van der Waals surface area (Å²) in [4.78, 5) is 0. The van der Waals surface area contributed by atoms with Crippen LogP contribution in [0.15, 0.2) is 12.7 Å². The Morgan fingerprint density at radius 3 is 2.35 bits per heavy atom. The summed E-state index contributed by atoms with van der Waals surface area (Å²) in [6, 6.07) is 0. The molecule has 0 radical (unpaired) electrons. The van der Waals surface area contributed by atoms with Gasteiger partial charge in [0.2, 0.25) is 0 Å². The molecule has 0 aromatic carbocycles. The highest BCUT2D eigenvalue weighted by atomic mass is 16.8. The highest BCUT2D eigenvalue weighted by Crippen LogP contribution is 2.34. The van der Waals surface area contributed by atoms with Crippen LogP contribution < -0.4 is 0 Å². The molecule has 0 amide bonds. The molecule has 17 heavy (non-hydrogen) atoms. The number of ether oxygens (including phenoxy) is 4. The van der Waals surface area contributed by atoms with Gasteiger partial charge < -0.3 is 18.9 Å². The van der Waals surface area contributed by atoms with E-state index >= 15 is 0 Å². The Hall–Kier alpha value is -0.420. The summed E-state index contributed by atoms with van der Waals surface area (Å²) in [5, 5.41) is 0. The molecule has 2 rings (SSSR count). The highest BCUT2D eigenvalue weighted by Gasteiger charge is 2.43. The molecule has 4 heteroatoms. The quantitative estimate of drug-likeness (QED) is 0.711. The van der Waals surface area contributed by atoms with E-state index in [1.807, 2.05) is 27.7 Å². The number of hydrogen-bond acceptors (Lipinski definition) is 4. The fraction of sp³-hybridized carbons (Fsp3) is 0.846. The molecule has 3 atom stereocenters. The van der Waals surface area contributed by atoms with Crippen LogP contribution in [0.1, 0.15) is 34.1 Å². The lowest BCUT2D eigenvalue weighted by Gasteiger charge is -2.20. The maximum Gasteiger partial charge on any atom is 0.164 e. The van der Waals surface area contributed by atoms with Crippen molar-refractivity contribution in [3.05, 3.63) is 12.7 Å². The van der Waals surface area contributed by atoms with Gasteiger partial charge in [0.05, 0.1) is 18.8 Å². The molecule has 2 aliphatic heterocycles. The first-order chi connectivity index (χ1) is 7.81. The second-order valence-electron chi connectivity index (χ2n) is 5.56. The third kappa shape index (κ3) is 3.07. The van der Waals surface area contributed by atoms with Crippen molar-refractivity contribution in [3.8, 4) is 0 Å². The molecule has 0 unspecified atom stereocenters. The van der Waals surface area contributed by atoms with E-state index in [1.54, 1.807) is 6.08 Å². The minimum absolute atomic E-state index is 0.00926. The summed E-state index contributed by atoms with van der Waals surface area (Å²) < 4.78 is 22.9. The van der Waals surface area contributed by atoms with Crippen molar-refractivity contribution in [1.29, 1.82) is 0 Å². The van der Waals surface area contributed by atoms with Gasteiger partial charge in [-0.2, -0.15) is 0 Å². The predicted molar refractivity (Wildman–Crippen MR) is 63.5 cm³/mol. The van der Waals surface area contributed by atoms with E-state index in [4.69, 9.17) is 18.9 Å². The Labute approximate surface area is 103 Å². The van der Waals surface area contributed by atoms with Crippen molar-refractivity contribution in [3.63, 3.8) is 0 Å². The predicted octanol–water partition coefficient (Wildman–Crippen LogP) is 2.23. The normalized spacial score (nSPS) is 39.4. The zero-order valence-corrected chi connectivity index (χ0v) is 11.1. The summed E-state index contributed by atoms with van der Waals surface area (Å²) in [5.41, 5.74) is 0. The van der Waals surface area contributed by atoms with Crippen molar-refractivity contribution in [2.24, 2.45) is 0 Å². The van der Waals surface area contributed by atoms with E-state index < -0.39 is 11.6 Å². The minimum Gasteiger partial charge on any atom is -0.348 e. The standard InChI is InChI=1S/C13H22O4/c1-6-10-11(17-13(4,5)16-10)7-9-8-14-12(2,3)15-9/h6,9-11H,1,7-8H2,2-5H3/t9-,10+,11+/m0/s1. The molecule has 0 aromatic heterocycles. The van der Waals surface area contributed by atoms with Crippen molar-refractivity contribution in [2.75, 3.05) is 6.61 Å². The largest absolute Gasteiger partial charge is 0.348 e. The van der Waals surface area contributed by atoms with Crippen LogP contribution in [-0.4, -0.2) is 36.5 Å². The van der Waals surface area contributed by atoms with Gasteiger partial charge in [0.25, 0.3) is 0 Å². The second-order valence-corrected chi connectivity index (χ2v) is 5.56. The highest BCUT2D eigenvalue weighted by molar-refractivity contribution is 4.94. The molecule has 2 fully saturated rings. The van der Waals surface area contributed by atoms with Crippen LogP contribution in [0.4, 0.5) is 0 Å². The molecular formula is C13H22O4. The van der Waals surface area contributed by atoms with Gasteiger partial charge in [-0.3, -0.25) is 0 Å². The van der Waals surface area contributed by atoms with Gasteiger partial charge in [-0.25, -0.2) is 0 Å². The van der Waals surface area contributed by atoms with E-state index in [0.29, 0.717) is 6.61 Å². The zero-order chi connectivity index (χ0) is 12.7. The molecule has 4 nitrogen and oxygen atoms in total. The Bertz CT molecular complexity index is 298. The van der Waals surface area contributed by atoms with Gasteiger partial charge in [0.15, 0.2) is 11.6 Å². The van der Waals surface area contributed by atoms with Gasteiger partial charge in [-0.05, 0) is 27.7 Å². The average molecular weight is 242 g/mol. The molecule has 0 spiro atoms. The van der Waals surface area contributed by atoms with Crippen LogP contribution in [0.25, 0.3) is 0 Å². The summed E-state index contributed by atoms with van der Waals surface area (Å²) in [6.07, 6.45) is 2.54. The number of rotatable bonds is 3. The van der Waals surface area contributed by atoms with Crippen LogP contribution in [0, 0.1) is 0 Å². The molecule has 2 aliphatic rings. The van der Waals surface area contributed by atoms with Crippen LogP contribution in [0.3, 0.4) is 0 Å². The molecule has 0 aliphatic carbocycles. The van der Waals surface area contributed by atoms with E-state index in [2.05, 4.69) is 6.58 Å². The van der Waals surface area contributed by atoms with Crippen molar-refractivity contribution in [1.82, 2.24) is 0 Å². The lowest BCUT2D eigenvalue weighted by molar-refractivity contribution is -0.154. The first-order valence-electron chi connectivity index (χ1n) is 6.11. The minimum atomic E-state index is -0.543. The van der Waals surface area contributed by atoms with Crippen molar-refractivity contribution in [2.45, 2.75) is 64.0 Å². The molecule has 0 bridgehead atoms. The van der Waals surface area contributed by atoms with E-state index in [0.717, 1.165) is 6.42 Å². The first-order valence-corrected chi connectivity index (χ1v) is 6.11. The average Bonchev–Trinajstić information content (AvgIpc) is 2.66. The molecule has 0 aromatic rings. The monoisotopic (exact) mass is 242 g/mol. The van der Waals surface area contributed by atoms with Crippen LogP contribution >= 0.6 is 0 Å². The Morgan fingerprint density at radius 2 is 1.82 bits per heavy atom. The number of hydrogen-bond donors (Lipinski definition) is 0. The molecule has 0 saturated carbocycles. The molecule has 98 valence electrons. The van der Waals surface area contributed by atoms with Crippen molar-refractivity contribution < 1.29 is 18.9 Å². The SMILES string of the molecule is C=C[C@H]1OC(C)(C)O[C@@H]1C[C@H]1COC(C)(C)O1. The lowest BCUT2D eigenvalue weighted by atomic mass is 10.1. The van der Waals surface area contributed by atoms with Gasteiger partial charge >= 0.3 is 0 Å². The molecule has 2 saturated heterocycles. The third-order valence-corrected chi connectivity index (χ3v) is 3.02. The van der Waals surface area contributed by atoms with E-state index in [9.17, 15) is 0 Å². The van der Waals surface area contributed by atoms with Crippen LogP contribution in [-0.2, 0) is 18.9 Å². The van der Waals surface area contributed by atoms with Crippen molar-refractivity contribution >= 4 is 0 Å². The zero-order valence-electron chi connectivity index (χ0n) is 11.1. The Kier molecular flexibility index (Phi) is 3.34. The summed E-state index contributed by atoms with van der Waals surface area (Å²) in [7, 11) is 0. The van der Waals surface area contributed by atoms with Gasteiger partial charge in [-0.15, -0.1) is 6.58 Å². The fourth-order valence-corrected chi connectivity index (χ4v) is 2.38.